The van der Waals surface area contributed by atoms with Crippen LogP contribution >= 0.6 is 24.8 Å². The van der Waals surface area contributed by atoms with Crippen LogP contribution in [0.2, 0.25) is 0 Å². The lowest BCUT2D eigenvalue weighted by Crippen LogP contribution is -2.58. The Kier molecular flexibility index (Phi) is 11.2. The maximum atomic E-state index is 13.7. The number of ether oxygens (including phenoxy) is 1. The quantitative estimate of drug-likeness (QED) is 0.369. The summed E-state index contributed by atoms with van der Waals surface area (Å²) in [5, 5.41) is 6.85. The van der Waals surface area contributed by atoms with E-state index in [0.29, 0.717) is 30.7 Å². The fraction of sp³-hybridized carbons (Fsp3) is 0.576. The molecule has 4 aliphatic rings. The van der Waals surface area contributed by atoms with E-state index >= 15 is 0 Å². The maximum absolute atomic E-state index is 13.7. The summed E-state index contributed by atoms with van der Waals surface area (Å²) in [6.07, 6.45) is 9.37. The second kappa shape index (κ2) is 14.4. The normalized spacial score (nSPS) is 25.0. The molecule has 7 nitrogen and oxygen atoms in total. The monoisotopic (exact) mass is 616 g/mol. The zero-order valence-corrected chi connectivity index (χ0v) is 26.3. The van der Waals surface area contributed by atoms with Crippen molar-refractivity contribution >= 4 is 36.8 Å². The first-order valence-corrected chi connectivity index (χ1v) is 15.3. The van der Waals surface area contributed by atoms with Crippen molar-refractivity contribution in [1.82, 2.24) is 20.4 Å². The highest BCUT2D eigenvalue weighted by atomic mass is 35.5. The van der Waals surface area contributed by atoms with Crippen LogP contribution in [0.25, 0.3) is 0 Å². The van der Waals surface area contributed by atoms with Crippen molar-refractivity contribution in [2.24, 2.45) is 11.8 Å². The summed E-state index contributed by atoms with van der Waals surface area (Å²) in [5.41, 5.74) is 1.58. The van der Waals surface area contributed by atoms with E-state index in [4.69, 9.17) is 4.74 Å². The van der Waals surface area contributed by atoms with Gasteiger partial charge >= 0.3 is 6.03 Å². The summed E-state index contributed by atoms with van der Waals surface area (Å²) < 4.78 is 5.25. The molecule has 2 aromatic carbocycles. The molecule has 1 saturated carbocycles. The number of methoxy groups -OCH3 is 1. The lowest BCUT2D eigenvalue weighted by molar-refractivity contribution is -0.133. The molecule has 0 bridgehead atoms. The van der Waals surface area contributed by atoms with Crippen molar-refractivity contribution in [2.75, 3.05) is 33.3 Å². The zero-order chi connectivity index (χ0) is 27.5. The molecular weight excluding hydrogens is 571 g/mol. The van der Waals surface area contributed by atoms with Crippen LogP contribution in [0.15, 0.2) is 54.6 Å². The van der Waals surface area contributed by atoms with E-state index in [-0.39, 0.29) is 43.3 Å². The minimum atomic E-state index is -0.776. The standard InChI is InChI=1S/C33H44N4O3.2ClH/c1-40-27-14-12-25(13-15-27)23-37-31(38)33(35-32(37)39)16-18-36(19-17-33)30(20-24-8-4-2-5-9-24)29-22-34-21-28(29)26-10-6-3-7-11-26;;/h3,6-7,10-15,24,28-30,34H,2,4-5,8-9,16-23H2,1H3,(H,35,39);2*1H/t28-,29-,30?;;/m1../s1. The Morgan fingerprint density at radius 1 is 0.929 bits per heavy atom. The number of urea groups is 1. The minimum Gasteiger partial charge on any atom is -0.497 e. The summed E-state index contributed by atoms with van der Waals surface area (Å²) >= 11 is 0. The topological polar surface area (TPSA) is 73.9 Å². The first kappa shape index (κ1) is 32.6. The Morgan fingerprint density at radius 2 is 1.62 bits per heavy atom. The zero-order valence-electron chi connectivity index (χ0n) is 24.6. The smallest absolute Gasteiger partial charge is 0.325 e. The molecule has 1 unspecified atom stereocenters. The Morgan fingerprint density at radius 3 is 2.29 bits per heavy atom. The van der Waals surface area contributed by atoms with Gasteiger partial charge in [-0.1, -0.05) is 74.6 Å². The van der Waals surface area contributed by atoms with Crippen LogP contribution in [0.3, 0.4) is 0 Å². The molecule has 3 heterocycles. The molecule has 6 rings (SSSR count). The number of nitrogens with one attached hydrogen (secondary N) is 2. The van der Waals surface area contributed by atoms with E-state index in [1.807, 2.05) is 24.3 Å². The van der Waals surface area contributed by atoms with Gasteiger partial charge in [0.1, 0.15) is 11.3 Å². The Hall–Kier alpha value is -2.32. The van der Waals surface area contributed by atoms with E-state index < -0.39 is 5.54 Å². The van der Waals surface area contributed by atoms with Gasteiger partial charge in [0, 0.05) is 38.1 Å². The average molecular weight is 618 g/mol. The molecule has 3 saturated heterocycles. The average Bonchev–Trinajstić information content (AvgIpc) is 3.57. The van der Waals surface area contributed by atoms with Gasteiger partial charge in [-0.2, -0.15) is 0 Å². The lowest BCUT2D eigenvalue weighted by Gasteiger charge is -2.45. The molecule has 1 spiro atoms. The number of carbonyl (C=O) groups excluding carboxylic acids is 2. The first-order chi connectivity index (χ1) is 19.6. The second-order valence-electron chi connectivity index (χ2n) is 12.4. The summed E-state index contributed by atoms with van der Waals surface area (Å²) in [6, 6.07) is 18.8. The predicted octanol–water partition coefficient (Wildman–Crippen LogP) is 5.77. The van der Waals surface area contributed by atoms with Crippen molar-refractivity contribution in [3.63, 3.8) is 0 Å². The van der Waals surface area contributed by atoms with E-state index in [1.165, 1.54) is 49.0 Å². The molecule has 3 amide bonds. The summed E-state index contributed by atoms with van der Waals surface area (Å²) in [5.74, 6) is 2.55. The number of hydrogen-bond acceptors (Lipinski definition) is 5. The van der Waals surface area contributed by atoms with Crippen LogP contribution in [0.1, 0.15) is 68.4 Å². The molecule has 1 aliphatic carbocycles. The number of carbonyl (C=O) groups is 2. The van der Waals surface area contributed by atoms with Crippen molar-refractivity contribution in [3.8, 4) is 5.75 Å². The number of halogens is 2. The van der Waals surface area contributed by atoms with Crippen molar-refractivity contribution < 1.29 is 14.3 Å². The second-order valence-corrected chi connectivity index (χ2v) is 12.4. The third-order valence-electron chi connectivity index (χ3n) is 10.1. The number of nitrogens with zero attached hydrogens (tertiary/aromatic N) is 2. The van der Waals surface area contributed by atoms with Gasteiger partial charge in [-0.05, 0) is 54.4 Å². The summed E-state index contributed by atoms with van der Waals surface area (Å²) in [7, 11) is 1.63. The summed E-state index contributed by atoms with van der Waals surface area (Å²) in [6.45, 7) is 4.05. The third kappa shape index (κ3) is 6.75. The van der Waals surface area contributed by atoms with Crippen LogP contribution in [0.5, 0.6) is 5.75 Å². The number of likely N-dealkylation sites (tertiary alicyclic amines) is 1. The number of benzene rings is 2. The first-order valence-electron chi connectivity index (χ1n) is 15.3. The lowest BCUT2D eigenvalue weighted by atomic mass is 9.75. The molecule has 3 atom stereocenters. The van der Waals surface area contributed by atoms with Crippen LogP contribution in [-0.4, -0.2) is 66.6 Å². The molecule has 4 fully saturated rings. The van der Waals surface area contributed by atoms with Gasteiger partial charge in [0.2, 0.25) is 0 Å². The third-order valence-corrected chi connectivity index (χ3v) is 10.1. The minimum absolute atomic E-state index is 0. The molecule has 9 heteroatoms. The molecule has 2 aromatic rings. The van der Waals surface area contributed by atoms with Crippen molar-refractivity contribution in [3.05, 3.63) is 65.7 Å². The fourth-order valence-corrected chi connectivity index (χ4v) is 7.84. The van der Waals surface area contributed by atoms with Crippen LogP contribution in [-0.2, 0) is 11.3 Å². The van der Waals surface area contributed by atoms with Gasteiger partial charge in [0.15, 0.2) is 0 Å². The largest absolute Gasteiger partial charge is 0.497 e. The number of imide groups is 1. The molecule has 230 valence electrons. The molecule has 42 heavy (non-hydrogen) atoms. The van der Waals surface area contributed by atoms with E-state index in [9.17, 15) is 9.59 Å². The highest BCUT2D eigenvalue weighted by Crippen LogP contribution is 2.40. The predicted molar refractivity (Wildman–Crippen MR) is 171 cm³/mol. The van der Waals surface area contributed by atoms with Crippen LogP contribution in [0.4, 0.5) is 4.79 Å². The molecule has 2 N–H and O–H groups in total. The van der Waals surface area contributed by atoms with Crippen molar-refractivity contribution in [2.45, 2.75) is 75.4 Å². The molecule has 3 aliphatic heterocycles. The van der Waals surface area contributed by atoms with E-state index in [0.717, 1.165) is 43.4 Å². The van der Waals surface area contributed by atoms with Gasteiger partial charge in [-0.15, -0.1) is 24.8 Å². The molecule has 0 radical (unpaired) electrons. The van der Waals surface area contributed by atoms with Crippen LogP contribution < -0.4 is 15.4 Å². The van der Waals surface area contributed by atoms with Crippen molar-refractivity contribution in [1.29, 1.82) is 0 Å². The Bertz CT molecular complexity index is 1170. The highest BCUT2D eigenvalue weighted by molar-refractivity contribution is 6.07. The highest BCUT2D eigenvalue weighted by Gasteiger charge is 2.53. The van der Waals surface area contributed by atoms with E-state index in [2.05, 4.69) is 45.9 Å². The fourth-order valence-electron chi connectivity index (χ4n) is 7.84. The molecular formula is C33H46Cl2N4O3. The number of amides is 3. The maximum Gasteiger partial charge on any atom is 0.325 e. The van der Waals surface area contributed by atoms with Gasteiger partial charge in [0.25, 0.3) is 5.91 Å². The van der Waals surface area contributed by atoms with Gasteiger partial charge in [0.05, 0.1) is 13.7 Å². The van der Waals surface area contributed by atoms with Crippen LogP contribution in [0, 0.1) is 11.8 Å². The molecule has 0 aromatic heterocycles. The van der Waals surface area contributed by atoms with Gasteiger partial charge < -0.3 is 15.4 Å². The van der Waals surface area contributed by atoms with Gasteiger partial charge in [-0.3, -0.25) is 14.6 Å². The summed E-state index contributed by atoms with van der Waals surface area (Å²) in [4.78, 5) is 30.8. The van der Waals surface area contributed by atoms with Gasteiger partial charge in [-0.25, -0.2) is 4.79 Å². The number of hydrogen-bond donors (Lipinski definition) is 2. The SMILES string of the molecule is COc1ccc(CN2C(=O)NC3(CCN(C(CC4CCCCC4)[C@@H]4CNC[C@@H]4c4ccccc4)CC3)C2=O)cc1.Cl.Cl. The number of piperidine rings is 1. The Labute approximate surface area is 262 Å². The Balaban J connectivity index is 0.00000202. The number of rotatable bonds is 8. The van der Waals surface area contributed by atoms with E-state index in [1.54, 1.807) is 7.11 Å².